The van der Waals surface area contributed by atoms with Crippen molar-refractivity contribution in [2.75, 3.05) is 17.1 Å². The maximum atomic E-state index is 13.0. The Hall–Kier alpha value is -3.39. The van der Waals surface area contributed by atoms with E-state index in [1.165, 1.54) is 12.1 Å². The van der Waals surface area contributed by atoms with E-state index in [1.54, 1.807) is 24.3 Å². The van der Waals surface area contributed by atoms with Gasteiger partial charge < -0.3 is 10.1 Å². The van der Waals surface area contributed by atoms with Crippen LogP contribution in [0.25, 0.3) is 0 Å². The fraction of sp³-hybridized carbons (Fsp3) is 0.240. The molecular formula is C25H27FN2O4S. The summed E-state index contributed by atoms with van der Waals surface area (Å²) < 4.78 is 44.6. The monoisotopic (exact) mass is 470 g/mol. The van der Waals surface area contributed by atoms with E-state index in [4.69, 9.17) is 4.74 Å². The number of sulfonamides is 1. The van der Waals surface area contributed by atoms with Crippen molar-refractivity contribution in [3.8, 4) is 5.75 Å². The quantitative estimate of drug-likeness (QED) is 0.511. The number of amides is 1. The van der Waals surface area contributed by atoms with Crippen LogP contribution in [0.15, 0.2) is 66.7 Å². The highest BCUT2D eigenvalue weighted by molar-refractivity contribution is 7.92. The Bertz CT molecular complexity index is 1190. The first-order valence-electron chi connectivity index (χ1n) is 10.4. The predicted octanol–water partition coefficient (Wildman–Crippen LogP) is 4.10. The van der Waals surface area contributed by atoms with Gasteiger partial charge in [-0.25, -0.2) is 12.8 Å². The van der Waals surface area contributed by atoms with E-state index in [1.807, 2.05) is 44.2 Å². The molecule has 174 valence electrons. The Kier molecular flexibility index (Phi) is 7.71. The van der Waals surface area contributed by atoms with Crippen LogP contribution in [0.2, 0.25) is 0 Å². The molecule has 0 atom stereocenters. The molecule has 0 unspecified atom stereocenters. The van der Waals surface area contributed by atoms with Crippen LogP contribution < -0.4 is 14.4 Å². The maximum Gasteiger partial charge on any atom is 0.241 e. The van der Waals surface area contributed by atoms with E-state index in [-0.39, 0.29) is 18.9 Å². The van der Waals surface area contributed by atoms with Gasteiger partial charge in [0.2, 0.25) is 15.9 Å². The van der Waals surface area contributed by atoms with E-state index < -0.39 is 15.9 Å². The van der Waals surface area contributed by atoms with Crippen LogP contribution in [0.3, 0.4) is 0 Å². The Morgan fingerprint density at radius 2 is 1.52 bits per heavy atom. The number of carbonyl (C=O) groups excluding carboxylic acids is 1. The number of carbonyl (C=O) groups is 1. The second-order valence-corrected chi connectivity index (χ2v) is 9.75. The molecule has 0 fully saturated rings. The molecule has 0 saturated carbocycles. The number of nitrogens with zero attached hydrogens (tertiary/aromatic N) is 1. The van der Waals surface area contributed by atoms with Crippen LogP contribution in [-0.4, -0.2) is 27.1 Å². The van der Waals surface area contributed by atoms with Crippen LogP contribution in [0.4, 0.5) is 10.1 Å². The average Bonchev–Trinajstić information content (AvgIpc) is 2.76. The zero-order chi connectivity index (χ0) is 24.0. The number of hydrogen-bond donors (Lipinski definition) is 1. The number of halogens is 1. The third-order valence-electron chi connectivity index (χ3n) is 5.11. The standard InChI is InChI=1S/C25H27FN2O4S/c1-18-5-4-6-19(2)25(18)28(33(3,30)31)16-24(29)27-15-20-9-13-23(14-10-20)32-17-21-7-11-22(26)12-8-21/h4-14H,15-17H2,1-3H3,(H,27,29). The Morgan fingerprint density at radius 3 is 2.09 bits per heavy atom. The van der Waals surface area contributed by atoms with Gasteiger partial charge in [-0.15, -0.1) is 0 Å². The topological polar surface area (TPSA) is 75.7 Å². The minimum atomic E-state index is -3.64. The zero-order valence-corrected chi connectivity index (χ0v) is 19.7. The molecule has 1 N–H and O–H groups in total. The number of nitrogens with one attached hydrogen (secondary N) is 1. The Morgan fingerprint density at radius 1 is 0.939 bits per heavy atom. The summed E-state index contributed by atoms with van der Waals surface area (Å²) in [6.07, 6.45) is 1.09. The van der Waals surface area contributed by atoms with Crippen molar-refractivity contribution in [1.29, 1.82) is 0 Å². The molecule has 0 radical (unpaired) electrons. The van der Waals surface area contributed by atoms with Gasteiger partial charge in [-0.3, -0.25) is 9.10 Å². The minimum absolute atomic E-state index is 0.251. The lowest BCUT2D eigenvalue weighted by atomic mass is 10.1. The van der Waals surface area contributed by atoms with Crippen molar-refractivity contribution >= 4 is 21.6 Å². The van der Waals surface area contributed by atoms with Gasteiger partial charge >= 0.3 is 0 Å². The van der Waals surface area contributed by atoms with Gasteiger partial charge in [0.25, 0.3) is 0 Å². The normalized spacial score (nSPS) is 11.2. The predicted molar refractivity (Wildman–Crippen MR) is 127 cm³/mol. The molecule has 0 aliphatic carbocycles. The van der Waals surface area contributed by atoms with Gasteiger partial charge in [0.15, 0.2) is 0 Å². The molecule has 0 spiro atoms. The first kappa shape index (κ1) is 24.3. The lowest BCUT2D eigenvalue weighted by molar-refractivity contribution is -0.119. The van der Waals surface area contributed by atoms with Gasteiger partial charge in [0.05, 0.1) is 11.9 Å². The molecule has 0 saturated heterocycles. The van der Waals surface area contributed by atoms with Crippen LogP contribution >= 0.6 is 0 Å². The Labute approximate surface area is 194 Å². The molecule has 33 heavy (non-hydrogen) atoms. The van der Waals surface area contributed by atoms with Crippen molar-refractivity contribution in [3.05, 3.63) is 94.8 Å². The fourth-order valence-corrected chi connectivity index (χ4v) is 4.37. The highest BCUT2D eigenvalue weighted by Crippen LogP contribution is 2.26. The van der Waals surface area contributed by atoms with E-state index in [9.17, 15) is 17.6 Å². The van der Waals surface area contributed by atoms with Gasteiger partial charge in [-0.1, -0.05) is 42.5 Å². The lowest BCUT2D eigenvalue weighted by Crippen LogP contribution is -2.40. The zero-order valence-electron chi connectivity index (χ0n) is 18.8. The van der Waals surface area contributed by atoms with Crippen molar-refractivity contribution in [2.24, 2.45) is 0 Å². The largest absolute Gasteiger partial charge is 0.489 e. The van der Waals surface area contributed by atoms with E-state index >= 15 is 0 Å². The molecule has 3 aromatic carbocycles. The molecule has 0 heterocycles. The van der Waals surface area contributed by atoms with Crippen molar-refractivity contribution in [1.82, 2.24) is 5.32 Å². The molecule has 1 amide bonds. The number of aryl methyl sites for hydroxylation is 2. The summed E-state index contributed by atoms with van der Waals surface area (Å²) in [5, 5.41) is 2.77. The molecular weight excluding hydrogens is 443 g/mol. The van der Waals surface area contributed by atoms with Crippen molar-refractivity contribution in [2.45, 2.75) is 27.0 Å². The molecule has 3 rings (SSSR count). The van der Waals surface area contributed by atoms with Crippen LogP contribution in [0.1, 0.15) is 22.3 Å². The summed E-state index contributed by atoms with van der Waals surface area (Å²) >= 11 is 0. The highest BCUT2D eigenvalue weighted by atomic mass is 32.2. The van der Waals surface area contributed by atoms with Gasteiger partial charge in [-0.05, 0) is 60.4 Å². The minimum Gasteiger partial charge on any atom is -0.489 e. The smallest absolute Gasteiger partial charge is 0.241 e. The summed E-state index contributed by atoms with van der Waals surface area (Å²) in [5.74, 6) is -0.0498. The summed E-state index contributed by atoms with van der Waals surface area (Å²) in [7, 11) is -3.64. The number of ether oxygens (including phenoxy) is 1. The van der Waals surface area contributed by atoms with Gasteiger partial charge in [0, 0.05) is 6.54 Å². The Balaban J connectivity index is 1.57. The van der Waals surface area contributed by atoms with Gasteiger partial charge in [-0.2, -0.15) is 0 Å². The molecule has 0 aromatic heterocycles. The van der Waals surface area contributed by atoms with Crippen LogP contribution in [-0.2, 0) is 28.0 Å². The van der Waals surface area contributed by atoms with Crippen molar-refractivity contribution < 1.29 is 22.3 Å². The molecule has 6 nitrogen and oxygen atoms in total. The van der Waals surface area contributed by atoms with E-state index in [0.717, 1.165) is 32.8 Å². The SMILES string of the molecule is Cc1cccc(C)c1N(CC(=O)NCc1ccc(OCc2ccc(F)cc2)cc1)S(C)(=O)=O. The number of hydrogen-bond acceptors (Lipinski definition) is 4. The number of rotatable bonds is 9. The second kappa shape index (κ2) is 10.5. The lowest BCUT2D eigenvalue weighted by Gasteiger charge is -2.25. The van der Waals surface area contributed by atoms with Crippen molar-refractivity contribution in [3.63, 3.8) is 0 Å². The number of benzene rings is 3. The third-order valence-corrected chi connectivity index (χ3v) is 6.22. The average molecular weight is 471 g/mol. The van der Waals surface area contributed by atoms with Gasteiger partial charge in [0.1, 0.15) is 24.7 Å². The second-order valence-electron chi connectivity index (χ2n) is 7.85. The van der Waals surface area contributed by atoms with Crippen LogP contribution in [0, 0.1) is 19.7 Å². The summed E-state index contributed by atoms with van der Waals surface area (Å²) in [4.78, 5) is 12.6. The molecule has 8 heteroatoms. The molecule has 0 aliphatic rings. The fourth-order valence-electron chi connectivity index (χ4n) is 3.40. The first-order valence-corrected chi connectivity index (χ1v) is 12.2. The summed E-state index contributed by atoms with van der Waals surface area (Å²) in [6, 6.07) is 18.8. The maximum absolute atomic E-state index is 13.0. The van der Waals surface area contributed by atoms with E-state index in [0.29, 0.717) is 18.0 Å². The molecule has 3 aromatic rings. The van der Waals surface area contributed by atoms with E-state index in [2.05, 4.69) is 5.32 Å². The number of anilines is 1. The third kappa shape index (κ3) is 6.79. The summed E-state index contributed by atoms with van der Waals surface area (Å²) in [5.41, 5.74) is 3.79. The van der Waals surface area contributed by atoms with Crippen LogP contribution in [0.5, 0.6) is 5.75 Å². The summed E-state index contributed by atoms with van der Waals surface area (Å²) in [6.45, 7) is 3.90. The number of para-hydroxylation sites is 1. The molecule has 0 aliphatic heterocycles. The molecule has 0 bridgehead atoms. The first-order chi connectivity index (χ1) is 15.6. The highest BCUT2D eigenvalue weighted by Gasteiger charge is 2.23.